The molecule has 0 saturated heterocycles. The molecule has 0 atom stereocenters. The molecule has 0 fully saturated rings. The van der Waals surface area contributed by atoms with E-state index in [9.17, 15) is 0 Å². The van der Waals surface area contributed by atoms with E-state index in [1.165, 1.54) is 0 Å². The summed E-state index contributed by atoms with van der Waals surface area (Å²) in [5.41, 5.74) is 0. The van der Waals surface area contributed by atoms with Crippen LogP contribution < -0.4 is 0 Å². The fourth-order valence-electron chi connectivity index (χ4n) is 0. The number of rotatable bonds is 0. The van der Waals surface area contributed by atoms with Crippen molar-refractivity contribution in [3.8, 4) is 0 Å². The smallest absolute Gasteiger partial charge is 0 e. The van der Waals surface area contributed by atoms with E-state index in [2.05, 4.69) is 0 Å². The van der Waals surface area contributed by atoms with Crippen molar-refractivity contribution in [3.05, 3.63) is 0 Å². The summed E-state index contributed by atoms with van der Waals surface area (Å²) in [4.78, 5) is 0. The van der Waals surface area contributed by atoms with Crippen LogP contribution in [0.4, 0.5) is 0 Å². The van der Waals surface area contributed by atoms with Gasteiger partial charge in [0.2, 0.25) is 0 Å². The first-order valence-corrected chi connectivity index (χ1v) is 0. The molecule has 0 saturated carbocycles. The van der Waals surface area contributed by atoms with Crippen molar-refractivity contribution in [2.24, 2.45) is 0 Å². The van der Waals surface area contributed by atoms with Crippen LogP contribution in [0.3, 0.4) is 0 Å². The second-order valence-corrected chi connectivity index (χ2v) is 0. The maximum absolute atomic E-state index is 0. The fraction of sp³-hybridized carbons (Fsp3) is 0. The van der Waals surface area contributed by atoms with Crippen LogP contribution in [0, 0.1) is 0 Å². The molecule has 0 bridgehead atoms. The van der Waals surface area contributed by atoms with E-state index in [0.29, 0.717) is 0 Å². The summed E-state index contributed by atoms with van der Waals surface area (Å²) in [5, 5.41) is 0. The van der Waals surface area contributed by atoms with Crippen molar-refractivity contribution in [1.29, 1.82) is 0 Å². The van der Waals surface area contributed by atoms with E-state index < -0.39 is 0 Å². The molecule has 0 aromatic carbocycles. The fourth-order valence-corrected chi connectivity index (χ4v) is 0. The standard InChI is InChI=1S/Ca.2Na.Sr.Zn. The molecule has 0 aliphatic carbocycles. The summed E-state index contributed by atoms with van der Waals surface area (Å²) in [7, 11) is 0. The van der Waals surface area contributed by atoms with Gasteiger partial charge < -0.3 is 0 Å². The Morgan fingerprint density at radius 2 is 0.800 bits per heavy atom. The Morgan fingerprint density at radius 1 is 0.800 bits per heavy atom. The van der Waals surface area contributed by atoms with Crippen LogP contribution in [0.1, 0.15) is 0 Å². The van der Waals surface area contributed by atoms with Crippen LogP contribution in [-0.4, -0.2) is 142 Å². The van der Waals surface area contributed by atoms with Gasteiger partial charge in [-0.2, -0.15) is 0 Å². The van der Waals surface area contributed by atoms with Gasteiger partial charge in [0.25, 0.3) is 0 Å². The minimum absolute atomic E-state index is 0. The van der Waals surface area contributed by atoms with Crippen LogP contribution >= 0.6 is 0 Å². The Labute approximate surface area is 157 Å². The summed E-state index contributed by atoms with van der Waals surface area (Å²) < 4.78 is 0. The third-order valence-electron chi connectivity index (χ3n) is 0. The van der Waals surface area contributed by atoms with Gasteiger partial charge in [-0.1, -0.05) is 0 Å². The first-order chi connectivity index (χ1) is 0. The van der Waals surface area contributed by atoms with Crippen molar-refractivity contribution in [2.45, 2.75) is 0 Å². The Bertz CT molecular complexity index is 9.61. The van der Waals surface area contributed by atoms with Gasteiger partial charge in [0, 0.05) is 162 Å². The minimum Gasteiger partial charge on any atom is 0 e. The maximum Gasteiger partial charge on any atom is 0 e. The van der Waals surface area contributed by atoms with Crippen LogP contribution in [-0.2, 0) is 19.5 Å². The molecule has 0 rings (SSSR count). The molecule has 5 heavy (non-hydrogen) atoms. The zero-order valence-electron chi connectivity index (χ0n) is 4.12. The van der Waals surface area contributed by atoms with Gasteiger partial charge in [-0.05, 0) is 0 Å². The largest absolute Gasteiger partial charge is 0 e. The Balaban J connectivity index is 0. The van der Waals surface area contributed by atoms with Gasteiger partial charge in [-0.25, -0.2) is 0 Å². The molecule has 0 aromatic heterocycles. The predicted molar refractivity (Wildman–Crippen MR) is 23.0 cm³/mol. The zero-order chi connectivity index (χ0) is 0. The van der Waals surface area contributed by atoms with E-state index in [1.54, 1.807) is 0 Å². The molecule has 0 N–H and O–H groups in total. The summed E-state index contributed by atoms with van der Waals surface area (Å²) in [5.74, 6) is 0. The number of hydrogen-bond donors (Lipinski definition) is 0. The van der Waals surface area contributed by atoms with Gasteiger partial charge in [0.15, 0.2) is 0 Å². The van der Waals surface area contributed by atoms with E-state index in [0.717, 1.165) is 0 Å². The van der Waals surface area contributed by atoms with Crippen molar-refractivity contribution in [2.75, 3.05) is 0 Å². The van der Waals surface area contributed by atoms with Crippen LogP contribution in [0.2, 0.25) is 0 Å². The summed E-state index contributed by atoms with van der Waals surface area (Å²) in [6, 6.07) is 0. The quantitative estimate of drug-likeness (QED) is 0.450. The summed E-state index contributed by atoms with van der Waals surface area (Å²) in [6.45, 7) is 0. The molecule has 0 heterocycles. The zero-order valence-corrected chi connectivity index (χ0v) is 16.8. The average molecular weight is 239 g/mol. The van der Waals surface area contributed by atoms with Crippen LogP contribution in [0.15, 0.2) is 0 Å². The second-order valence-electron chi connectivity index (χ2n) is 0. The molecule has 8 valence electrons. The third-order valence-corrected chi connectivity index (χ3v) is 0. The molecule has 0 nitrogen and oxygen atoms in total. The molecule has 5 heteroatoms. The summed E-state index contributed by atoms with van der Waals surface area (Å²) in [6.07, 6.45) is 0. The first-order valence-electron chi connectivity index (χ1n) is 0. The summed E-state index contributed by atoms with van der Waals surface area (Å²) >= 11 is 0. The third kappa shape index (κ3) is 17.6. The molecule has 0 amide bonds. The monoisotopic (exact) mass is 238 g/mol. The second kappa shape index (κ2) is 22.8. The maximum atomic E-state index is 0. The molecule has 6 radical (unpaired) electrons. The van der Waals surface area contributed by atoms with Gasteiger partial charge >= 0.3 is 0 Å². The van der Waals surface area contributed by atoms with Gasteiger partial charge in [-0.15, -0.1) is 0 Å². The van der Waals surface area contributed by atoms with Crippen molar-refractivity contribution in [1.82, 2.24) is 0 Å². The minimum atomic E-state index is 0. The van der Waals surface area contributed by atoms with E-state index in [1.807, 2.05) is 0 Å². The van der Waals surface area contributed by atoms with E-state index in [4.69, 9.17) is 0 Å². The van der Waals surface area contributed by atoms with Gasteiger partial charge in [0.05, 0.1) is 0 Å². The van der Waals surface area contributed by atoms with Crippen LogP contribution in [0.25, 0.3) is 0 Å². The Hall–Kier alpha value is 5.36. The van der Waals surface area contributed by atoms with Gasteiger partial charge in [-0.3, -0.25) is 0 Å². The van der Waals surface area contributed by atoms with E-state index in [-0.39, 0.29) is 162 Å². The SMILES string of the molecule is [Ca].[Na].[Na].[Sr].[Zn]. The predicted octanol–water partition coefficient (Wildman–Crippen LogP) is -1.53. The van der Waals surface area contributed by atoms with Crippen molar-refractivity contribution < 1.29 is 19.5 Å². The Morgan fingerprint density at radius 3 is 0.800 bits per heavy atom. The average Bonchev–Trinajstić information content (AvgIpc) is 0. The topological polar surface area (TPSA) is 0 Å². The Kier molecular flexibility index (Phi) is 144. The molecule has 0 aliphatic heterocycles. The molecule has 0 unspecified atom stereocenters. The molecule has 0 aliphatic rings. The van der Waals surface area contributed by atoms with Crippen LogP contribution in [0.5, 0.6) is 0 Å². The van der Waals surface area contributed by atoms with E-state index >= 15 is 0 Å². The number of hydrogen-bond acceptors (Lipinski definition) is 0. The molecular weight excluding hydrogens is 239 g/mol. The normalized spacial score (nSPS) is 0. The molecular formula is CaNa2SrZn. The molecule has 0 aromatic rings. The van der Waals surface area contributed by atoms with Crippen molar-refractivity contribution in [3.63, 3.8) is 0 Å². The first kappa shape index (κ1) is 31.6. The van der Waals surface area contributed by atoms with Crippen molar-refractivity contribution >= 4 is 142 Å². The molecule has 0 spiro atoms. The van der Waals surface area contributed by atoms with Gasteiger partial charge in [0.1, 0.15) is 0 Å².